The van der Waals surface area contributed by atoms with E-state index in [9.17, 15) is 16.8 Å². The second kappa shape index (κ2) is 8.71. The fraction of sp³-hybridized carbons (Fsp3) is 0.286. The number of nitrogens with zero attached hydrogens (tertiary/aromatic N) is 2. The SMILES string of the molecule is CC(C)CN(Cc1cccc(OS(C)(=O)=O)c1)S(=O)(=O)c1cccc2cccnc12. The highest BCUT2D eigenvalue weighted by molar-refractivity contribution is 7.89. The van der Waals surface area contributed by atoms with E-state index in [1.807, 2.05) is 26.0 Å². The molecule has 0 unspecified atom stereocenters. The first-order valence-corrected chi connectivity index (χ1v) is 12.6. The fourth-order valence-electron chi connectivity index (χ4n) is 3.15. The number of benzene rings is 2. The Kier molecular flexibility index (Phi) is 6.44. The van der Waals surface area contributed by atoms with Crippen LogP contribution in [-0.4, -0.2) is 38.9 Å². The molecule has 1 aromatic heterocycles. The zero-order valence-electron chi connectivity index (χ0n) is 17.0. The van der Waals surface area contributed by atoms with Crippen molar-refractivity contribution < 1.29 is 21.0 Å². The molecule has 0 aliphatic carbocycles. The van der Waals surface area contributed by atoms with Gasteiger partial charge < -0.3 is 4.18 Å². The lowest BCUT2D eigenvalue weighted by atomic mass is 10.2. The van der Waals surface area contributed by atoms with Crippen LogP contribution in [0.5, 0.6) is 5.75 Å². The Hall–Kier alpha value is -2.49. The van der Waals surface area contributed by atoms with Crippen LogP contribution in [-0.2, 0) is 26.7 Å². The predicted octanol–water partition coefficient (Wildman–Crippen LogP) is 3.42. The highest BCUT2D eigenvalue weighted by Gasteiger charge is 2.28. The molecule has 0 aliphatic rings. The monoisotopic (exact) mass is 448 g/mol. The molecule has 0 fully saturated rings. The van der Waals surface area contributed by atoms with Crippen molar-refractivity contribution in [3.63, 3.8) is 0 Å². The minimum atomic E-state index is -3.86. The van der Waals surface area contributed by atoms with Gasteiger partial charge in [-0.05, 0) is 35.7 Å². The predicted molar refractivity (Wildman–Crippen MR) is 116 cm³/mol. The van der Waals surface area contributed by atoms with Crippen molar-refractivity contribution in [3.8, 4) is 5.75 Å². The van der Waals surface area contributed by atoms with Crippen molar-refractivity contribution in [3.05, 3.63) is 66.4 Å². The maximum Gasteiger partial charge on any atom is 0.306 e. The molecular weight excluding hydrogens is 424 g/mol. The number of rotatable bonds is 8. The summed E-state index contributed by atoms with van der Waals surface area (Å²) in [6.07, 6.45) is 2.53. The molecule has 160 valence electrons. The standard InChI is InChI=1S/C21H24N2O5S2/c1-16(2)14-23(15-17-7-4-10-19(13-17)28-29(3,24)25)30(26,27)20-11-5-8-18-9-6-12-22-21(18)20/h4-13,16H,14-15H2,1-3H3. The van der Waals surface area contributed by atoms with E-state index in [2.05, 4.69) is 4.98 Å². The fourth-order valence-corrected chi connectivity index (χ4v) is 5.36. The van der Waals surface area contributed by atoms with Crippen molar-refractivity contribution in [2.24, 2.45) is 5.92 Å². The van der Waals surface area contributed by atoms with Crippen LogP contribution in [0.3, 0.4) is 0 Å². The lowest BCUT2D eigenvalue weighted by Crippen LogP contribution is -2.34. The molecular formula is C21H24N2O5S2. The van der Waals surface area contributed by atoms with Gasteiger partial charge in [0.25, 0.3) is 0 Å². The van der Waals surface area contributed by atoms with E-state index in [-0.39, 0.29) is 23.1 Å². The van der Waals surface area contributed by atoms with E-state index >= 15 is 0 Å². The molecule has 0 amide bonds. The van der Waals surface area contributed by atoms with Gasteiger partial charge in [-0.25, -0.2) is 8.42 Å². The maximum absolute atomic E-state index is 13.6. The summed E-state index contributed by atoms with van der Waals surface area (Å²) in [5.41, 5.74) is 1.04. The normalized spacial score (nSPS) is 12.6. The van der Waals surface area contributed by atoms with Crippen molar-refractivity contribution in [2.75, 3.05) is 12.8 Å². The first kappa shape index (κ1) is 22.2. The Balaban J connectivity index is 2.01. The summed E-state index contributed by atoms with van der Waals surface area (Å²) in [5.74, 6) is 0.224. The zero-order chi connectivity index (χ0) is 21.9. The van der Waals surface area contributed by atoms with Crippen molar-refractivity contribution in [1.29, 1.82) is 0 Å². The summed E-state index contributed by atoms with van der Waals surface area (Å²) in [7, 11) is -7.53. The highest BCUT2D eigenvalue weighted by Crippen LogP contribution is 2.27. The first-order chi connectivity index (χ1) is 14.1. The topological polar surface area (TPSA) is 93.6 Å². The molecule has 2 aromatic carbocycles. The summed E-state index contributed by atoms with van der Waals surface area (Å²) < 4.78 is 56.3. The smallest absolute Gasteiger partial charge is 0.306 e. The Morgan fingerprint density at radius 2 is 1.70 bits per heavy atom. The third-order valence-electron chi connectivity index (χ3n) is 4.29. The van der Waals surface area contributed by atoms with Crippen LogP contribution in [0.1, 0.15) is 19.4 Å². The molecule has 0 N–H and O–H groups in total. The third kappa shape index (κ3) is 5.35. The molecule has 3 aromatic rings. The van der Waals surface area contributed by atoms with E-state index in [4.69, 9.17) is 4.18 Å². The quantitative estimate of drug-likeness (QED) is 0.490. The summed E-state index contributed by atoms with van der Waals surface area (Å²) in [4.78, 5) is 4.42. The summed E-state index contributed by atoms with van der Waals surface area (Å²) >= 11 is 0. The van der Waals surface area contributed by atoms with Gasteiger partial charge in [-0.15, -0.1) is 0 Å². The molecule has 7 nitrogen and oxygen atoms in total. The van der Waals surface area contributed by atoms with Crippen LogP contribution in [0.2, 0.25) is 0 Å². The van der Waals surface area contributed by atoms with Gasteiger partial charge in [0.1, 0.15) is 10.6 Å². The number of pyridine rings is 1. The van der Waals surface area contributed by atoms with Crippen LogP contribution < -0.4 is 4.18 Å². The molecule has 0 saturated heterocycles. The third-order valence-corrected chi connectivity index (χ3v) is 6.63. The van der Waals surface area contributed by atoms with Gasteiger partial charge in [0, 0.05) is 24.7 Å². The summed E-state index contributed by atoms with van der Waals surface area (Å²) in [6, 6.07) is 15.1. The Morgan fingerprint density at radius 1 is 1.00 bits per heavy atom. The number of para-hydroxylation sites is 1. The van der Waals surface area contributed by atoms with Crippen LogP contribution in [0.15, 0.2) is 65.7 Å². The lowest BCUT2D eigenvalue weighted by Gasteiger charge is -2.24. The van der Waals surface area contributed by atoms with E-state index in [0.29, 0.717) is 17.6 Å². The Bertz CT molecular complexity index is 1250. The van der Waals surface area contributed by atoms with Gasteiger partial charge in [0.05, 0.1) is 11.8 Å². The van der Waals surface area contributed by atoms with E-state index in [1.54, 1.807) is 36.5 Å². The average molecular weight is 449 g/mol. The molecule has 3 rings (SSSR count). The summed E-state index contributed by atoms with van der Waals surface area (Å²) in [6.45, 7) is 4.24. The minimum absolute atomic E-state index is 0.0741. The lowest BCUT2D eigenvalue weighted by molar-refractivity contribution is 0.362. The van der Waals surface area contributed by atoms with Crippen LogP contribution in [0.4, 0.5) is 0 Å². The van der Waals surface area contributed by atoms with E-state index in [1.165, 1.54) is 16.4 Å². The molecule has 0 saturated carbocycles. The number of fused-ring (bicyclic) bond motifs is 1. The molecule has 1 heterocycles. The van der Waals surface area contributed by atoms with Crippen molar-refractivity contribution in [2.45, 2.75) is 25.3 Å². The van der Waals surface area contributed by atoms with Crippen LogP contribution >= 0.6 is 0 Å². The van der Waals surface area contributed by atoms with Crippen molar-refractivity contribution >= 4 is 31.0 Å². The van der Waals surface area contributed by atoms with Gasteiger partial charge in [-0.3, -0.25) is 4.98 Å². The second-order valence-corrected chi connectivity index (χ2v) is 10.9. The molecule has 0 bridgehead atoms. The van der Waals surface area contributed by atoms with E-state index in [0.717, 1.165) is 11.6 Å². The molecule has 0 atom stereocenters. The molecule has 0 spiro atoms. The maximum atomic E-state index is 13.6. The van der Waals surface area contributed by atoms with Gasteiger partial charge >= 0.3 is 10.1 Å². The molecule has 0 aliphatic heterocycles. The van der Waals surface area contributed by atoms with Crippen LogP contribution in [0.25, 0.3) is 10.9 Å². The largest absolute Gasteiger partial charge is 0.383 e. The van der Waals surface area contributed by atoms with Gasteiger partial charge in [0.2, 0.25) is 10.0 Å². The molecule has 0 radical (unpaired) electrons. The van der Waals surface area contributed by atoms with Crippen molar-refractivity contribution in [1.82, 2.24) is 9.29 Å². The number of aromatic nitrogens is 1. The Labute approximate surface area is 177 Å². The number of sulfonamides is 1. The first-order valence-electron chi connectivity index (χ1n) is 9.38. The number of hydrogen-bond acceptors (Lipinski definition) is 6. The molecule has 30 heavy (non-hydrogen) atoms. The average Bonchev–Trinajstić information content (AvgIpc) is 2.65. The Morgan fingerprint density at radius 3 is 2.40 bits per heavy atom. The highest BCUT2D eigenvalue weighted by atomic mass is 32.2. The van der Waals surface area contributed by atoms with E-state index < -0.39 is 20.1 Å². The van der Waals surface area contributed by atoms with Gasteiger partial charge in [-0.1, -0.05) is 44.2 Å². The second-order valence-electron chi connectivity index (χ2n) is 7.46. The molecule has 9 heteroatoms. The minimum Gasteiger partial charge on any atom is -0.383 e. The van der Waals surface area contributed by atoms with Crippen LogP contribution in [0, 0.1) is 5.92 Å². The van der Waals surface area contributed by atoms with Gasteiger partial charge in [-0.2, -0.15) is 12.7 Å². The van der Waals surface area contributed by atoms with Gasteiger partial charge in [0.15, 0.2) is 0 Å². The number of hydrogen-bond donors (Lipinski definition) is 0. The zero-order valence-corrected chi connectivity index (χ0v) is 18.7. The summed E-state index contributed by atoms with van der Waals surface area (Å²) in [5, 5.41) is 0.742.